The molecule has 0 aromatic heterocycles. The van der Waals surface area contributed by atoms with E-state index >= 15 is 0 Å². The van der Waals surface area contributed by atoms with Gasteiger partial charge < -0.3 is 25.0 Å². The van der Waals surface area contributed by atoms with Crippen molar-refractivity contribution in [3.05, 3.63) is 0 Å². The fourth-order valence-electron chi connectivity index (χ4n) is 3.04. The van der Waals surface area contributed by atoms with Crippen LogP contribution in [0.5, 0.6) is 0 Å². The summed E-state index contributed by atoms with van der Waals surface area (Å²) in [6.45, 7) is 6.12. The molecule has 2 N–H and O–H groups in total. The topological polar surface area (TPSA) is 85.3 Å². The van der Waals surface area contributed by atoms with E-state index in [1.807, 2.05) is 4.90 Å². The smallest absolute Gasteiger partial charge is 0.240 e. The van der Waals surface area contributed by atoms with Gasteiger partial charge in [-0.15, -0.1) is 12.4 Å². The molecule has 0 bridgehead atoms. The molecule has 140 valence electrons. The van der Waals surface area contributed by atoms with Crippen molar-refractivity contribution in [2.75, 3.05) is 72.7 Å². The summed E-state index contributed by atoms with van der Waals surface area (Å²) in [5, 5.41) is 12.1. The summed E-state index contributed by atoms with van der Waals surface area (Å²) in [6, 6.07) is -0.427. The highest BCUT2D eigenvalue weighted by molar-refractivity contribution is 5.89. The molecule has 2 heterocycles. The molecule has 0 spiro atoms. The third-order valence-electron chi connectivity index (χ3n) is 4.47. The van der Waals surface area contributed by atoms with Gasteiger partial charge in [0.15, 0.2) is 0 Å². The average Bonchev–Trinajstić information content (AvgIpc) is 2.56. The molecular weight excluding hydrogens is 336 g/mol. The highest BCUT2D eigenvalue weighted by Gasteiger charge is 2.31. The standard InChI is InChI=1S/C15H28N4O4.ClH/c1-23-11-9-19-3-2-16-13(15(19)22)12-14(21)18-6-4-17(5-7-18)8-10-20;/h13,16,20H,2-12H2,1H3;1H. The van der Waals surface area contributed by atoms with E-state index in [1.54, 1.807) is 12.0 Å². The minimum absolute atomic E-state index is 0. The Bertz CT molecular complexity index is 405. The lowest BCUT2D eigenvalue weighted by molar-refractivity contribution is -0.142. The second kappa shape index (κ2) is 10.8. The number of rotatable bonds is 7. The molecule has 0 radical (unpaired) electrons. The maximum absolute atomic E-state index is 12.4. The maximum atomic E-state index is 12.4. The first-order valence-corrected chi connectivity index (χ1v) is 8.27. The van der Waals surface area contributed by atoms with Crippen molar-refractivity contribution < 1.29 is 19.4 Å². The van der Waals surface area contributed by atoms with Gasteiger partial charge in [-0.05, 0) is 0 Å². The van der Waals surface area contributed by atoms with E-state index in [0.717, 1.165) is 13.1 Å². The fourth-order valence-corrected chi connectivity index (χ4v) is 3.04. The van der Waals surface area contributed by atoms with Crippen molar-refractivity contribution in [3.8, 4) is 0 Å². The number of aliphatic hydroxyl groups excluding tert-OH is 1. The zero-order valence-corrected chi connectivity index (χ0v) is 15.1. The van der Waals surface area contributed by atoms with Crippen LogP contribution in [0.1, 0.15) is 6.42 Å². The molecule has 9 heteroatoms. The summed E-state index contributed by atoms with van der Waals surface area (Å²) in [4.78, 5) is 30.5. The number of amides is 2. The summed E-state index contributed by atoms with van der Waals surface area (Å²) in [5.74, 6) is 0.00802. The second-order valence-corrected chi connectivity index (χ2v) is 5.97. The molecular formula is C15H29ClN4O4. The Labute approximate surface area is 149 Å². The molecule has 2 fully saturated rings. The van der Waals surface area contributed by atoms with E-state index in [2.05, 4.69) is 10.2 Å². The van der Waals surface area contributed by atoms with Gasteiger partial charge in [-0.3, -0.25) is 14.5 Å². The van der Waals surface area contributed by atoms with Crippen LogP contribution in [-0.2, 0) is 14.3 Å². The number of carbonyl (C=O) groups excluding carboxylic acids is 2. The van der Waals surface area contributed by atoms with E-state index in [0.29, 0.717) is 45.9 Å². The summed E-state index contributed by atoms with van der Waals surface area (Å²) < 4.78 is 5.02. The summed E-state index contributed by atoms with van der Waals surface area (Å²) in [6.07, 6.45) is 0.211. The number of hydrogen-bond donors (Lipinski definition) is 2. The number of nitrogens with zero attached hydrogens (tertiary/aromatic N) is 3. The summed E-state index contributed by atoms with van der Waals surface area (Å²) in [7, 11) is 1.62. The predicted octanol–water partition coefficient (Wildman–Crippen LogP) is -1.62. The number of ether oxygens (including phenoxy) is 1. The van der Waals surface area contributed by atoms with Gasteiger partial charge in [-0.2, -0.15) is 0 Å². The molecule has 2 saturated heterocycles. The minimum Gasteiger partial charge on any atom is -0.395 e. The third kappa shape index (κ3) is 5.86. The van der Waals surface area contributed by atoms with Crippen molar-refractivity contribution in [2.45, 2.75) is 12.5 Å². The quantitative estimate of drug-likeness (QED) is 0.565. The third-order valence-corrected chi connectivity index (χ3v) is 4.47. The first-order valence-electron chi connectivity index (χ1n) is 8.27. The van der Waals surface area contributed by atoms with Gasteiger partial charge >= 0.3 is 0 Å². The van der Waals surface area contributed by atoms with Gasteiger partial charge in [0.25, 0.3) is 0 Å². The van der Waals surface area contributed by atoms with Crippen LogP contribution in [0.25, 0.3) is 0 Å². The molecule has 2 aliphatic rings. The van der Waals surface area contributed by atoms with E-state index < -0.39 is 6.04 Å². The summed E-state index contributed by atoms with van der Waals surface area (Å²) in [5.41, 5.74) is 0. The zero-order valence-electron chi connectivity index (χ0n) is 14.3. The second-order valence-electron chi connectivity index (χ2n) is 5.97. The predicted molar refractivity (Wildman–Crippen MR) is 92.2 cm³/mol. The highest BCUT2D eigenvalue weighted by Crippen LogP contribution is 2.09. The van der Waals surface area contributed by atoms with Crippen LogP contribution in [0, 0.1) is 0 Å². The monoisotopic (exact) mass is 364 g/mol. The van der Waals surface area contributed by atoms with E-state index in [4.69, 9.17) is 9.84 Å². The Morgan fingerprint density at radius 3 is 2.58 bits per heavy atom. The molecule has 8 nitrogen and oxygen atoms in total. The van der Waals surface area contributed by atoms with Gasteiger partial charge in [0, 0.05) is 59.5 Å². The molecule has 2 amide bonds. The maximum Gasteiger partial charge on any atom is 0.240 e. The fraction of sp³-hybridized carbons (Fsp3) is 0.867. The Morgan fingerprint density at radius 1 is 1.25 bits per heavy atom. The number of aliphatic hydroxyl groups is 1. The molecule has 1 unspecified atom stereocenters. The number of hydrogen-bond acceptors (Lipinski definition) is 6. The average molecular weight is 365 g/mol. The lowest BCUT2D eigenvalue weighted by Crippen LogP contribution is -2.57. The van der Waals surface area contributed by atoms with Gasteiger partial charge in [-0.1, -0.05) is 0 Å². The molecule has 2 rings (SSSR count). The van der Waals surface area contributed by atoms with Crippen molar-refractivity contribution >= 4 is 24.2 Å². The van der Waals surface area contributed by atoms with Crippen LogP contribution >= 0.6 is 12.4 Å². The van der Waals surface area contributed by atoms with Crippen molar-refractivity contribution in [1.82, 2.24) is 20.0 Å². The van der Waals surface area contributed by atoms with Crippen LogP contribution in [0.4, 0.5) is 0 Å². The SMILES string of the molecule is COCCN1CCNC(CC(=O)N2CCN(CCO)CC2)C1=O.Cl. The number of nitrogens with one attached hydrogen (secondary N) is 1. The Morgan fingerprint density at radius 2 is 1.96 bits per heavy atom. The van der Waals surface area contributed by atoms with Crippen LogP contribution in [-0.4, -0.2) is 110 Å². The van der Waals surface area contributed by atoms with Crippen molar-refractivity contribution in [1.29, 1.82) is 0 Å². The van der Waals surface area contributed by atoms with Crippen molar-refractivity contribution in [3.63, 3.8) is 0 Å². The molecule has 1 atom stereocenters. The van der Waals surface area contributed by atoms with E-state index in [1.165, 1.54) is 0 Å². The molecule has 2 aliphatic heterocycles. The number of piperazine rings is 2. The normalized spacial score (nSPS) is 22.4. The molecule has 0 saturated carbocycles. The largest absolute Gasteiger partial charge is 0.395 e. The lowest BCUT2D eigenvalue weighted by Gasteiger charge is -2.36. The first-order chi connectivity index (χ1) is 11.2. The van der Waals surface area contributed by atoms with Crippen LogP contribution in [0.2, 0.25) is 0 Å². The van der Waals surface area contributed by atoms with Gasteiger partial charge in [-0.25, -0.2) is 0 Å². The highest BCUT2D eigenvalue weighted by atomic mass is 35.5. The lowest BCUT2D eigenvalue weighted by atomic mass is 10.1. The van der Waals surface area contributed by atoms with Crippen LogP contribution in [0.3, 0.4) is 0 Å². The van der Waals surface area contributed by atoms with Crippen LogP contribution < -0.4 is 5.32 Å². The van der Waals surface area contributed by atoms with E-state index in [-0.39, 0.29) is 37.2 Å². The Hall–Kier alpha value is -0.930. The van der Waals surface area contributed by atoms with Gasteiger partial charge in [0.05, 0.1) is 25.7 Å². The molecule has 0 aromatic carbocycles. The molecule has 24 heavy (non-hydrogen) atoms. The van der Waals surface area contributed by atoms with E-state index in [9.17, 15) is 9.59 Å². The van der Waals surface area contributed by atoms with Crippen LogP contribution in [0.15, 0.2) is 0 Å². The number of carbonyl (C=O) groups is 2. The van der Waals surface area contributed by atoms with Crippen molar-refractivity contribution in [2.24, 2.45) is 0 Å². The number of β-amino-alcohol motifs (C(OH)–C–C–N with tert-alkyl or cyclic N) is 1. The molecule has 0 aromatic rings. The first kappa shape index (κ1) is 21.1. The molecule has 0 aliphatic carbocycles. The Kier molecular flexibility index (Phi) is 9.53. The zero-order chi connectivity index (χ0) is 16.7. The van der Waals surface area contributed by atoms with Gasteiger partial charge in [0.2, 0.25) is 11.8 Å². The number of halogens is 1. The Balaban J connectivity index is 0.00000288. The van der Waals surface area contributed by atoms with Gasteiger partial charge in [0.1, 0.15) is 0 Å². The number of methoxy groups -OCH3 is 1. The summed E-state index contributed by atoms with van der Waals surface area (Å²) >= 11 is 0. The minimum atomic E-state index is -0.427.